The maximum Gasteiger partial charge on any atom is 0.270 e. The van der Waals surface area contributed by atoms with E-state index in [-0.39, 0.29) is 26.5 Å². The number of hydrogen-bond acceptors (Lipinski definition) is 10. The molecule has 0 bridgehead atoms. The van der Waals surface area contributed by atoms with E-state index in [2.05, 4.69) is 15.5 Å². The summed E-state index contributed by atoms with van der Waals surface area (Å²) in [5, 5.41) is 29.6. The lowest BCUT2D eigenvalue weighted by atomic mass is 10.1. The van der Waals surface area contributed by atoms with Crippen LogP contribution in [0, 0.1) is 28.4 Å². The van der Waals surface area contributed by atoms with Crippen LogP contribution in [0.25, 0.3) is 17.4 Å². The number of nitro groups is 1. The summed E-state index contributed by atoms with van der Waals surface area (Å²) in [6, 6.07) is 9.14. The molecule has 3 aromatic rings. The van der Waals surface area contributed by atoms with Crippen LogP contribution >= 0.6 is 11.3 Å². The predicted molar refractivity (Wildman–Crippen MR) is 111 cm³/mol. The first-order chi connectivity index (χ1) is 14.6. The Morgan fingerprint density at radius 1 is 1.32 bits per heavy atom. The number of non-ortho nitro benzene ring substituents is 1. The molecule has 11 nitrogen and oxygen atoms in total. The topological polar surface area (TPSA) is 169 Å². The van der Waals surface area contributed by atoms with Crippen LogP contribution in [0.2, 0.25) is 0 Å². The Hall–Kier alpha value is -3.89. The van der Waals surface area contributed by atoms with Crippen molar-refractivity contribution in [2.75, 3.05) is 11.6 Å². The molecule has 31 heavy (non-hydrogen) atoms. The van der Waals surface area contributed by atoms with Crippen molar-refractivity contribution in [3.05, 3.63) is 57.3 Å². The third-order valence-electron chi connectivity index (χ3n) is 3.92. The van der Waals surface area contributed by atoms with E-state index in [9.17, 15) is 28.6 Å². The van der Waals surface area contributed by atoms with Crippen LogP contribution < -0.4 is 5.32 Å². The molecule has 1 aromatic carbocycles. The number of benzene rings is 1. The van der Waals surface area contributed by atoms with E-state index in [0.717, 1.165) is 11.8 Å². The van der Waals surface area contributed by atoms with Crippen molar-refractivity contribution in [1.82, 2.24) is 10.2 Å². The standard InChI is InChI=1S/C18H13N5O6S2/c1-10-3-4-12(23(25)26)8-14(10)15-6-5-13(29-15)7-11(9-19)16(24)20-17-21-22-18(30-17)31(2,27)28/h3-8H,1-2H3,(H,20,21,24). The van der Waals surface area contributed by atoms with Crippen LogP contribution in [0.15, 0.2) is 44.7 Å². The number of furan rings is 1. The average Bonchev–Trinajstić information content (AvgIpc) is 3.35. The van der Waals surface area contributed by atoms with Crippen LogP contribution in [0.5, 0.6) is 0 Å². The summed E-state index contributed by atoms with van der Waals surface area (Å²) in [7, 11) is -3.57. The average molecular weight is 459 g/mol. The highest BCUT2D eigenvalue weighted by Gasteiger charge is 2.18. The number of aromatic nitrogens is 2. The molecule has 3 rings (SSSR count). The van der Waals surface area contributed by atoms with Gasteiger partial charge < -0.3 is 4.42 Å². The number of hydrogen-bond donors (Lipinski definition) is 1. The Bertz CT molecular complexity index is 1360. The second kappa shape index (κ2) is 8.46. The van der Waals surface area contributed by atoms with Crippen LogP contribution in [0.1, 0.15) is 11.3 Å². The molecule has 13 heteroatoms. The molecule has 0 spiro atoms. The number of sulfone groups is 1. The molecule has 158 valence electrons. The van der Waals surface area contributed by atoms with Gasteiger partial charge in [0.2, 0.25) is 19.3 Å². The van der Waals surface area contributed by atoms with E-state index in [1.54, 1.807) is 25.1 Å². The smallest absolute Gasteiger partial charge is 0.270 e. The summed E-state index contributed by atoms with van der Waals surface area (Å²) >= 11 is 0.652. The fourth-order valence-corrected chi connectivity index (χ4v) is 3.93. The maximum atomic E-state index is 12.3. The molecule has 0 unspecified atom stereocenters. The monoisotopic (exact) mass is 459 g/mol. The minimum Gasteiger partial charge on any atom is -0.457 e. The third-order valence-corrected chi connectivity index (χ3v) is 6.43. The minimum absolute atomic E-state index is 0.0843. The fraction of sp³-hybridized carbons (Fsp3) is 0.111. The number of nitrogens with zero attached hydrogens (tertiary/aromatic N) is 4. The third kappa shape index (κ3) is 5.00. The number of anilines is 1. The van der Waals surface area contributed by atoms with Gasteiger partial charge in [-0.1, -0.05) is 17.4 Å². The van der Waals surface area contributed by atoms with Gasteiger partial charge in [-0.05, 0) is 24.6 Å². The minimum atomic E-state index is -3.57. The summed E-state index contributed by atoms with van der Waals surface area (Å²) in [6.45, 7) is 1.76. The quantitative estimate of drug-likeness (QED) is 0.191. The van der Waals surface area contributed by atoms with Gasteiger partial charge in [-0.15, -0.1) is 10.2 Å². The first kappa shape index (κ1) is 21.8. The number of rotatable bonds is 6. The Balaban J connectivity index is 1.84. The van der Waals surface area contributed by atoms with Crippen LogP contribution in [-0.2, 0) is 14.6 Å². The molecule has 0 fully saturated rings. The van der Waals surface area contributed by atoms with Crippen LogP contribution in [-0.4, -0.2) is 35.7 Å². The summed E-state index contributed by atoms with van der Waals surface area (Å²) in [4.78, 5) is 22.8. The van der Waals surface area contributed by atoms with Gasteiger partial charge in [0, 0.05) is 30.0 Å². The fourth-order valence-electron chi connectivity index (χ4n) is 2.43. The van der Waals surface area contributed by atoms with Crippen molar-refractivity contribution >= 4 is 44.0 Å². The van der Waals surface area contributed by atoms with Gasteiger partial charge in [0.25, 0.3) is 11.6 Å². The molecule has 1 N–H and O–H groups in total. The van der Waals surface area contributed by atoms with E-state index >= 15 is 0 Å². The lowest BCUT2D eigenvalue weighted by Crippen LogP contribution is -2.13. The highest BCUT2D eigenvalue weighted by Crippen LogP contribution is 2.30. The highest BCUT2D eigenvalue weighted by molar-refractivity contribution is 7.92. The molecule has 0 atom stereocenters. The highest BCUT2D eigenvalue weighted by atomic mass is 32.2. The normalized spacial score (nSPS) is 11.7. The Kier molecular flexibility index (Phi) is 5.95. The van der Waals surface area contributed by atoms with E-state index in [0.29, 0.717) is 22.7 Å². The summed E-state index contributed by atoms with van der Waals surface area (Å²) in [6.07, 6.45) is 2.14. The van der Waals surface area contributed by atoms with Crippen molar-refractivity contribution < 1.29 is 22.6 Å². The number of carbonyl (C=O) groups excluding carboxylic acids is 1. The summed E-state index contributed by atoms with van der Waals surface area (Å²) < 4.78 is 28.3. The number of aryl methyl sites for hydroxylation is 1. The van der Waals surface area contributed by atoms with Crippen molar-refractivity contribution in [3.63, 3.8) is 0 Å². The van der Waals surface area contributed by atoms with Gasteiger partial charge >= 0.3 is 0 Å². The molecule has 0 saturated carbocycles. The first-order valence-electron chi connectivity index (χ1n) is 8.40. The summed E-state index contributed by atoms with van der Waals surface area (Å²) in [5.74, 6) is -0.336. The Morgan fingerprint density at radius 2 is 2.06 bits per heavy atom. The largest absolute Gasteiger partial charge is 0.457 e. The van der Waals surface area contributed by atoms with Gasteiger partial charge in [0.15, 0.2) is 0 Å². The number of carbonyl (C=O) groups is 1. The van der Waals surface area contributed by atoms with Gasteiger partial charge in [-0.25, -0.2) is 8.42 Å². The molecule has 2 aromatic heterocycles. The van der Waals surface area contributed by atoms with Gasteiger partial charge in [0.1, 0.15) is 23.2 Å². The van der Waals surface area contributed by atoms with Gasteiger partial charge in [-0.2, -0.15) is 5.26 Å². The van der Waals surface area contributed by atoms with Gasteiger partial charge in [0.05, 0.1) is 4.92 Å². The lowest BCUT2D eigenvalue weighted by molar-refractivity contribution is -0.384. The maximum absolute atomic E-state index is 12.3. The zero-order chi connectivity index (χ0) is 22.8. The van der Waals surface area contributed by atoms with Crippen molar-refractivity contribution in [2.45, 2.75) is 11.3 Å². The van der Waals surface area contributed by atoms with Gasteiger partial charge in [-0.3, -0.25) is 20.2 Å². The van der Waals surface area contributed by atoms with Crippen LogP contribution in [0.3, 0.4) is 0 Å². The molecule has 0 aliphatic rings. The number of nitrogens with one attached hydrogen (secondary N) is 1. The number of nitro benzene ring substituents is 1. The lowest BCUT2D eigenvalue weighted by Gasteiger charge is -2.02. The SMILES string of the molecule is Cc1ccc([N+](=O)[O-])cc1-c1ccc(C=C(C#N)C(=O)Nc2nnc(S(C)(=O)=O)s2)o1. The first-order valence-corrected chi connectivity index (χ1v) is 11.1. The van der Waals surface area contributed by atoms with E-state index in [1.165, 1.54) is 24.3 Å². The molecular formula is C18H13N5O6S2. The molecule has 0 radical (unpaired) electrons. The molecule has 0 aliphatic heterocycles. The zero-order valence-electron chi connectivity index (χ0n) is 16.0. The Labute approximate surface area is 179 Å². The second-order valence-corrected chi connectivity index (χ2v) is 9.39. The zero-order valence-corrected chi connectivity index (χ0v) is 17.7. The van der Waals surface area contributed by atoms with E-state index in [4.69, 9.17) is 4.42 Å². The van der Waals surface area contributed by atoms with Crippen molar-refractivity contribution in [1.29, 1.82) is 5.26 Å². The molecule has 0 saturated heterocycles. The van der Waals surface area contributed by atoms with Crippen molar-refractivity contribution in [2.24, 2.45) is 0 Å². The van der Waals surface area contributed by atoms with Crippen LogP contribution in [0.4, 0.5) is 10.8 Å². The number of amides is 1. The number of nitriles is 1. The summed E-state index contributed by atoms with van der Waals surface area (Å²) in [5.41, 5.74) is 0.815. The second-order valence-electron chi connectivity index (χ2n) is 6.23. The predicted octanol–water partition coefficient (Wildman–Crippen LogP) is 2.96. The van der Waals surface area contributed by atoms with E-state index < -0.39 is 20.7 Å². The van der Waals surface area contributed by atoms with E-state index in [1.807, 2.05) is 0 Å². The molecular weight excluding hydrogens is 446 g/mol. The molecule has 1 amide bonds. The molecule has 2 heterocycles. The molecule has 0 aliphatic carbocycles. The van der Waals surface area contributed by atoms with Crippen molar-refractivity contribution in [3.8, 4) is 17.4 Å². The Morgan fingerprint density at radius 3 is 2.68 bits per heavy atom.